The Balaban J connectivity index is 1.50. The number of ether oxygens (including phenoxy) is 2. The molecule has 1 fully saturated rings. The third kappa shape index (κ3) is 4.65. The number of hydrogen-bond acceptors (Lipinski definition) is 5. The summed E-state index contributed by atoms with van der Waals surface area (Å²) in [5.74, 6) is 1.60. The number of benzene rings is 2. The third-order valence-corrected chi connectivity index (χ3v) is 4.66. The number of aliphatic hydroxyl groups is 1. The number of piperazine rings is 1. The second-order valence-electron chi connectivity index (χ2n) is 6.18. The lowest BCUT2D eigenvalue weighted by Gasteiger charge is -2.39. The van der Waals surface area contributed by atoms with E-state index in [-0.39, 0.29) is 12.6 Å². The van der Waals surface area contributed by atoms with E-state index in [0.717, 1.165) is 37.7 Å². The van der Waals surface area contributed by atoms with E-state index in [2.05, 4.69) is 34.1 Å². The summed E-state index contributed by atoms with van der Waals surface area (Å²) in [5.41, 5.74) is 1.26. The molecule has 1 aliphatic rings. The van der Waals surface area contributed by atoms with Crippen molar-refractivity contribution in [3.63, 3.8) is 0 Å². The van der Waals surface area contributed by atoms with Gasteiger partial charge in [0, 0.05) is 31.9 Å². The van der Waals surface area contributed by atoms with Crippen LogP contribution in [0.15, 0.2) is 54.6 Å². The molecule has 0 amide bonds. The molecule has 2 aromatic rings. The van der Waals surface area contributed by atoms with Crippen LogP contribution < -0.4 is 14.4 Å². The van der Waals surface area contributed by atoms with Gasteiger partial charge in [0.05, 0.1) is 19.8 Å². The Morgan fingerprint density at radius 1 is 0.920 bits per heavy atom. The normalized spacial score (nSPS) is 16.5. The number of methoxy groups -OCH3 is 1. The van der Waals surface area contributed by atoms with Crippen molar-refractivity contribution >= 4 is 5.69 Å². The summed E-state index contributed by atoms with van der Waals surface area (Å²) in [6.07, 6.45) is 0. The second-order valence-corrected chi connectivity index (χ2v) is 6.18. The zero-order valence-corrected chi connectivity index (χ0v) is 14.7. The number of hydrogen-bond donors (Lipinski definition) is 1. The van der Waals surface area contributed by atoms with E-state index < -0.39 is 0 Å². The molecule has 1 aliphatic heterocycles. The van der Waals surface area contributed by atoms with Crippen LogP contribution in [0.4, 0.5) is 5.69 Å². The summed E-state index contributed by atoms with van der Waals surface area (Å²) in [6, 6.07) is 18.0. The molecule has 1 atom stereocenters. The molecule has 1 heterocycles. The topological polar surface area (TPSA) is 45.2 Å². The van der Waals surface area contributed by atoms with Gasteiger partial charge in [0.1, 0.15) is 18.1 Å². The lowest BCUT2D eigenvalue weighted by Crippen LogP contribution is -2.53. The van der Waals surface area contributed by atoms with E-state index in [9.17, 15) is 5.11 Å². The van der Waals surface area contributed by atoms with E-state index in [1.165, 1.54) is 5.69 Å². The summed E-state index contributed by atoms with van der Waals surface area (Å²) in [4.78, 5) is 4.69. The molecule has 2 aromatic carbocycles. The Morgan fingerprint density at radius 3 is 2.16 bits per heavy atom. The molecule has 3 rings (SSSR count). The number of anilines is 1. The highest BCUT2D eigenvalue weighted by Crippen LogP contribution is 2.19. The van der Waals surface area contributed by atoms with Gasteiger partial charge in [-0.3, -0.25) is 4.90 Å². The molecule has 0 radical (unpaired) electrons. The highest BCUT2D eigenvalue weighted by Gasteiger charge is 2.24. The Hall–Kier alpha value is -2.24. The van der Waals surface area contributed by atoms with Gasteiger partial charge in [-0.1, -0.05) is 18.2 Å². The summed E-state index contributed by atoms with van der Waals surface area (Å²) in [5, 5.41) is 9.77. The molecule has 0 aliphatic carbocycles. The van der Waals surface area contributed by atoms with Crippen molar-refractivity contribution in [1.29, 1.82) is 0 Å². The standard InChI is InChI=1S/C20H26N2O3/c1-24-19-7-9-20(10-8-19)25-16-18(15-23)22-13-11-21(12-14-22)17-5-3-2-4-6-17/h2-10,18,23H,11-16H2,1H3/t18-/m1/s1. The van der Waals surface area contributed by atoms with Crippen molar-refractivity contribution in [2.75, 3.05) is 51.4 Å². The number of rotatable bonds is 7. The molecule has 0 saturated carbocycles. The van der Waals surface area contributed by atoms with Crippen molar-refractivity contribution in [3.8, 4) is 11.5 Å². The average molecular weight is 342 g/mol. The highest BCUT2D eigenvalue weighted by molar-refractivity contribution is 5.46. The van der Waals surface area contributed by atoms with Crippen molar-refractivity contribution in [2.24, 2.45) is 0 Å². The van der Waals surface area contributed by atoms with Crippen molar-refractivity contribution in [2.45, 2.75) is 6.04 Å². The van der Waals surface area contributed by atoms with Gasteiger partial charge in [0.2, 0.25) is 0 Å². The Morgan fingerprint density at radius 2 is 1.56 bits per heavy atom. The van der Waals surface area contributed by atoms with Crippen molar-refractivity contribution in [1.82, 2.24) is 4.90 Å². The minimum atomic E-state index is 0.0139. The Bertz CT molecular complexity index is 625. The van der Waals surface area contributed by atoms with Gasteiger partial charge in [-0.05, 0) is 36.4 Å². The first kappa shape index (κ1) is 17.6. The van der Waals surface area contributed by atoms with Gasteiger partial charge < -0.3 is 19.5 Å². The zero-order valence-electron chi connectivity index (χ0n) is 14.7. The van der Waals surface area contributed by atoms with Crippen LogP contribution in [0.5, 0.6) is 11.5 Å². The number of para-hydroxylation sites is 1. The monoisotopic (exact) mass is 342 g/mol. The summed E-state index contributed by atoms with van der Waals surface area (Å²) in [6.45, 7) is 4.35. The zero-order chi connectivity index (χ0) is 17.5. The fraction of sp³-hybridized carbons (Fsp3) is 0.400. The van der Waals surface area contributed by atoms with Crippen LogP contribution in [0.25, 0.3) is 0 Å². The molecule has 0 unspecified atom stereocenters. The summed E-state index contributed by atoms with van der Waals surface area (Å²) < 4.78 is 11.0. The van der Waals surface area contributed by atoms with E-state index in [0.29, 0.717) is 6.61 Å². The fourth-order valence-electron chi connectivity index (χ4n) is 3.12. The predicted octanol–water partition coefficient (Wildman–Crippen LogP) is 2.26. The van der Waals surface area contributed by atoms with Gasteiger partial charge in [0.25, 0.3) is 0 Å². The summed E-state index contributed by atoms with van der Waals surface area (Å²) in [7, 11) is 1.65. The van der Waals surface area contributed by atoms with Crippen LogP contribution in [0.2, 0.25) is 0 Å². The van der Waals surface area contributed by atoms with Crippen LogP contribution in [0, 0.1) is 0 Å². The van der Waals surface area contributed by atoms with Gasteiger partial charge in [-0.2, -0.15) is 0 Å². The molecule has 5 nitrogen and oxygen atoms in total. The molecule has 0 bridgehead atoms. The number of nitrogens with zero attached hydrogens (tertiary/aromatic N) is 2. The van der Waals surface area contributed by atoms with Crippen LogP contribution >= 0.6 is 0 Å². The molecule has 0 aromatic heterocycles. The number of aliphatic hydroxyl groups excluding tert-OH is 1. The van der Waals surface area contributed by atoms with Crippen molar-refractivity contribution < 1.29 is 14.6 Å². The molecule has 1 N–H and O–H groups in total. The maximum Gasteiger partial charge on any atom is 0.119 e. The minimum Gasteiger partial charge on any atom is -0.497 e. The van der Waals surface area contributed by atoms with Crippen LogP contribution in [-0.2, 0) is 0 Å². The van der Waals surface area contributed by atoms with Gasteiger partial charge in [0.15, 0.2) is 0 Å². The predicted molar refractivity (Wildman–Crippen MR) is 99.6 cm³/mol. The van der Waals surface area contributed by atoms with Crippen LogP contribution in [0.3, 0.4) is 0 Å². The second kappa shape index (κ2) is 8.74. The molecule has 5 heteroatoms. The molecule has 0 spiro atoms. The van der Waals surface area contributed by atoms with E-state index in [1.807, 2.05) is 30.3 Å². The molecular weight excluding hydrogens is 316 g/mol. The van der Waals surface area contributed by atoms with Gasteiger partial charge >= 0.3 is 0 Å². The lowest BCUT2D eigenvalue weighted by atomic mass is 10.2. The van der Waals surface area contributed by atoms with E-state index in [1.54, 1.807) is 7.11 Å². The largest absolute Gasteiger partial charge is 0.497 e. The molecular formula is C20H26N2O3. The van der Waals surface area contributed by atoms with E-state index >= 15 is 0 Å². The Kier molecular flexibility index (Phi) is 6.14. The molecule has 1 saturated heterocycles. The molecule has 25 heavy (non-hydrogen) atoms. The SMILES string of the molecule is COc1ccc(OC[C@@H](CO)N2CCN(c3ccccc3)CC2)cc1. The smallest absolute Gasteiger partial charge is 0.119 e. The van der Waals surface area contributed by atoms with Gasteiger partial charge in [-0.25, -0.2) is 0 Å². The molecule has 134 valence electrons. The summed E-state index contributed by atoms with van der Waals surface area (Å²) >= 11 is 0. The Labute approximate surface area is 149 Å². The van der Waals surface area contributed by atoms with Gasteiger partial charge in [-0.15, -0.1) is 0 Å². The first-order valence-electron chi connectivity index (χ1n) is 8.72. The first-order valence-corrected chi connectivity index (χ1v) is 8.72. The van der Waals surface area contributed by atoms with E-state index in [4.69, 9.17) is 9.47 Å². The fourth-order valence-corrected chi connectivity index (χ4v) is 3.12. The van der Waals surface area contributed by atoms with Crippen LogP contribution in [-0.4, -0.2) is 62.6 Å². The maximum atomic E-state index is 9.77. The highest BCUT2D eigenvalue weighted by atomic mass is 16.5. The quantitative estimate of drug-likeness (QED) is 0.836. The first-order chi connectivity index (χ1) is 12.3. The van der Waals surface area contributed by atoms with Crippen molar-refractivity contribution in [3.05, 3.63) is 54.6 Å². The third-order valence-electron chi connectivity index (χ3n) is 4.66. The minimum absolute atomic E-state index is 0.0139. The maximum absolute atomic E-state index is 9.77. The average Bonchev–Trinajstić information content (AvgIpc) is 2.70. The van der Waals surface area contributed by atoms with Crippen LogP contribution in [0.1, 0.15) is 0 Å². The lowest BCUT2D eigenvalue weighted by molar-refractivity contribution is 0.0780.